The first-order chi connectivity index (χ1) is 17.8. The number of alkyl halides is 3. The number of nitrogen functional groups attached to an aromatic ring is 1. The van der Waals surface area contributed by atoms with Crippen LogP contribution in [0.3, 0.4) is 0 Å². The highest BCUT2D eigenvalue weighted by atomic mass is 32.2. The van der Waals surface area contributed by atoms with Gasteiger partial charge in [0.2, 0.25) is 0 Å². The van der Waals surface area contributed by atoms with Crippen molar-refractivity contribution in [1.29, 1.82) is 0 Å². The summed E-state index contributed by atoms with van der Waals surface area (Å²) in [7, 11) is -4.23. The fourth-order valence-electron chi connectivity index (χ4n) is 4.48. The Bertz CT molecular complexity index is 1450. The van der Waals surface area contributed by atoms with Gasteiger partial charge in [0.25, 0.3) is 0 Å². The third kappa shape index (κ3) is 5.06. The highest BCUT2D eigenvalue weighted by Gasteiger charge is 2.41. The lowest BCUT2D eigenvalue weighted by Crippen LogP contribution is -2.38. The molecule has 0 bridgehead atoms. The number of sulfone groups is 1. The Labute approximate surface area is 218 Å². The molecule has 1 aliphatic rings. The van der Waals surface area contributed by atoms with Crippen molar-refractivity contribution in [2.24, 2.45) is 0 Å². The fraction of sp³-hybridized carbons (Fsp3) is 0.385. The lowest BCUT2D eigenvalue weighted by atomic mass is 9.93. The second kappa shape index (κ2) is 10.1. The largest absolute Gasteiger partial charge is 0.417 e. The minimum absolute atomic E-state index is 0.0143. The molecule has 0 saturated carbocycles. The number of nitrogens with zero attached hydrogens (tertiary/aromatic N) is 3. The van der Waals surface area contributed by atoms with Crippen LogP contribution < -0.4 is 10.6 Å². The topological polar surface area (TPSA) is 98.4 Å². The number of hydrogen-bond donors (Lipinski definition) is 1. The Kier molecular flexibility index (Phi) is 7.41. The predicted molar refractivity (Wildman–Crippen MR) is 136 cm³/mol. The maximum Gasteiger partial charge on any atom is 0.417 e. The number of ether oxygens (including phenoxy) is 1. The first-order valence-corrected chi connectivity index (χ1v) is 13.5. The van der Waals surface area contributed by atoms with Crippen molar-refractivity contribution in [3.63, 3.8) is 0 Å². The van der Waals surface area contributed by atoms with Gasteiger partial charge in [0.05, 0.1) is 29.4 Å². The summed E-state index contributed by atoms with van der Waals surface area (Å²) in [6.07, 6.45) is -3.38. The molecule has 0 amide bonds. The summed E-state index contributed by atoms with van der Waals surface area (Å²) in [5.41, 5.74) is 5.05. The third-order valence-corrected chi connectivity index (χ3v) is 9.11. The summed E-state index contributed by atoms with van der Waals surface area (Å²) >= 11 is 0. The van der Waals surface area contributed by atoms with E-state index >= 15 is 0 Å². The molecule has 2 N–H and O–H groups in total. The van der Waals surface area contributed by atoms with Crippen molar-refractivity contribution in [1.82, 2.24) is 9.97 Å². The second-order valence-electron chi connectivity index (χ2n) is 9.43. The Morgan fingerprint density at radius 1 is 1.08 bits per heavy atom. The van der Waals surface area contributed by atoms with Crippen LogP contribution in [-0.2, 0) is 31.9 Å². The van der Waals surface area contributed by atoms with E-state index in [9.17, 15) is 26.0 Å². The highest BCUT2D eigenvalue weighted by Crippen LogP contribution is 2.43. The van der Waals surface area contributed by atoms with Crippen LogP contribution in [0.4, 0.5) is 29.2 Å². The number of halogens is 4. The SMILES string of the molecule is CCc1c(-c2cnc(N)cc2C(F)(F)F)cc(C(C)(C)S(=O)(=O)c2cccc(F)c2)nc1N1CCOCC1. The quantitative estimate of drug-likeness (QED) is 0.430. The van der Waals surface area contributed by atoms with Crippen molar-refractivity contribution in [2.45, 2.75) is 43.0 Å². The molecule has 1 aromatic carbocycles. The summed E-state index contributed by atoms with van der Waals surface area (Å²) in [5.74, 6) is -0.653. The fourth-order valence-corrected chi connectivity index (χ4v) is 5.97. The van der Waals surface area contributed by atoms with Gasteiger partial charge in [-0.25, -0.2) is 22.8 Å². The average Bonchev–Trinajstić information content (AvgIpc) is 2.87. The summed E-state index contributed by atoms with van der Waals surface area (Å²) in [5, 5.41) is 0. The molecule has 38 heavy (non-hydrogen) atoms. The molecule has 0 radical (unpaired) electrons. The van der Waals surface area contributed by atoms with Gasteiger partial charge in [-0.15, -0.1) is 0 Å². The van der Waals surface area contributed by atoms with E-state index in [2.05, 4.69) is 4.98 Å². The van der Waals surface area contributed by atoms with Crippen molar-refractivity contribution < 1.29 is 30.7 Å². The third-order valence-electron chi connectivity index (χ3n) is 6.68. The Morgan fingerprint density at radius 3 is 2.37 bits per heavy atom. The number of benzene rings is 1. The maximum absolute atomic E-state index is 14.1. The zero-order chi connectivity index (χ0) is 27.9. The number of hydrogen-bond acceptors (Lipinski definition) is 7. The van der Waals surface area contributed by atoms with Crippen LogP contribution in [0.2, 0.25) is 0 Å². The van der Waals surface area contributed by atoms with E-state index in [1.165, 1.54) is 32.0 Å². The van der Waals surface area contributed by atoms with Gasteiger partial charge >= 0.3 is 6.18 Å². The summed E-state index contributed by atoms with van der Waals surface area (Å²) in [4.78, 5) is 10.2. The van der Waals surface area contributed by atoms with Crippen LogP contribution in [0.1, 0.15) is 37.6 Å². The monoisotopic (exact) mass is 552 g/mol. The molecular formula is C26H28F4N4O3S. The van der Waals surface area contributed by atoms with Gasteiger partial charge in [-0.05, 0) is 56.2 Å². The van der Waals surface area contributed by atoms with Gasteiger partial charge in [-0.2, -0.15) is 13.2 Å². The van der Waals surface area contributed by atoms with Crippen LogP contribution in [0.25, 0.3) is 11.1 Å². The van der Waals surface area contributed by atoms with Gasteiger partial charge in [0.1, 0.15) is 22.2 Å². The average molecular weight is 553 g/mol. The highest BCUT2D eigenvalue weighted by molar-refractivity contribution is 7.92. The number of aromatic nitrogens is 2. The first kappa shape index (κ1) is 27.8. The molecular weight excluding hydrogens is 524 g/mol. The van der Waals surface area contributed by atoms with E-state index in [-0.39, 0.29) is 27.5 Å². The molecule has 0 spiro atoms. The summed E-state index contributed by atoms with van der Waals surface area (Å²) < 4.78 is 87.5. The Morgan fingerprint density at radius 2 is 1.76 bits per heavy atom. The molecule has 3 aromatic rings. The van der Waals surface area contributed by atoms with Gasteiger partial charge in [0, 0.05) is 30.4 Å². The lowest BCUT2D eigenvalue weighted by molar-refractivity contribution is -0.137. The van der Waals surface area contributed by atoms with E-state index in [0.29, 0.717) is 44.1 Å². The van der Waals surface area contributed by atoms with Crippen molar-refractivity contribution in [3.05, 3.63) is 65.2 Å². The Hall–Kier alpha value is -3.25. The van der Waals surface area contributed by atoms with Gasteiger partial charge in [-0.1, -0.05) is 13.0 Å². The number of anilines is 2. The van der Waals surface area contributed by atoms with Crippen molar-refractivity contribution >= 4 is 21.5 Å². The minimum atomic E-state index is -4.75. The van der Waals surface area contributed by atoms with Crippen LogP contribution in [-0.4, -0.2) is 44.7 Å². The standard InChI is InChI=1S/C26H28F4N4O3S/c1-4-18-19(20-15-32-23(31)14-21(20)26(28,29)30)13-22(33-24(18)34-8-10-37-11-9-34)25(2,3)38(35,36)17-7-5-6-16(27)12-17/h5-7,12-15H,4,8-11H2,1-3H3,(H2,31,32). The van der Waals surface area contributed by atoms with Crippen LogP contribution in [0, 0.1) is 5.82 Å². The van der Waals surface area contributed by atoms with E-state index < -0.39 is 32.1 Å². The molecule has 0 atom stereocenters. The number of rotatable bonds is 6. The molecule has 12 heteroatoms. The zero-order valence-corrected chi connectivity index (χ0v) is 22.0. The van der Waals surface area contributed by atoms with Crippen molar-refractivity contribution in [2.75, 3.05) is 36.9 Å². The van der Waals surface area contributed by atoms with Gasteiger partial charge < -0.3 is 15.4 Å². The minimum Gasteiger partial charge on any atom is -0.384 e. The van der Waals surface area contributed by atoms with Crippen LogP contribution in [0.5, 0.6) is 0 Å². The smallest absolute Gasteiger partial charge is 0.384 e. The van der Waals surface area contributed by atoms with Crippen molar-refractivity contribution in [3.8, 4) is 11.1 Å². The molecule has 3 heterocycles. The number of nitrogens with two attached hydrogens (primary N) is 1. The van der Waals surface area contributed by atoms with E-state index in [4.69, 9.17) is 15.5 Å². The summed E-state index contributed by atoms with van der Waals surface area (Å²) in [6, 6.07) is 6.72. The molecule has 1 fully saturated rings. The van der Waals surface area contributed by atoms with E-state index in [1.807, 2.05) is 4.90 Å². The number of morpholine rings is 1. The summed E-state index contributed by atoms with van der Waals surface area (Å²) in [6.45, 7) is 6.20. The van der Waals surface area contributed by atoms with E-state index in [1.54, 1.807) is 6.92 Å². The molecule has 2 aromatic heterocycles. The van der Waals surface area contributed by atoms with E-state index in [0.717, 1.165) is 24.4 Å². The molecule has 0 aliphatic carbocycles. The molecule has 4 rings (SSSR count). The second-order valence-corrected chi connectivity index (χ2v) is 11.9. The normalized spacial score (nSPS) is 15.1. The lowest BCUT2D eigenvalue weighted by Gasteiger charge is -2.33. The molecule has 204 valence electrons. The Balaban J connectivity index is 2.03. The van der Waals surface area contributed by atoms with Gasteiger partial charge in [0.15, 0.2) is 9.84 Å². The predicted octanol–water partition coefficient (Wildman–Crippen LogP) is 4.99. The van der Waals surface area contributed by atoms with Gasteiger partial charge in [-0.3, -0.25) is 0 Å². The molecule has 1 saturated heterocycles. The zero-order valence-electron chi connectivity index (χ0n) is 21.1. The molecule has 0 unspecified atom stereocenters. The first-order valence-electron chi connectivity index (χ1n) is 12.0. The van der Waals surface area contributed by atoms with Crippen LogP contribution >= 0.6 is 0 Å². The molecule has 1 aliphatic heterocycles. The number of pyridine rings is 2. The molecule has 7 nitrogen and oxygen atoms in total. The van der Waals surface area contributed by atoms with Crippen LogP contribution in [0.15, 0.2) is 47.5 Å². The maximum atomic E-state index is 14.1.